The van der Waals surface area contributed by atoms with Gasteiger partial charge in [-0.15, -0.1) is 0 Å². The molecule has 0 radical (unpaired) electrons. The number of Topliss-reactive ketones (excluding diaryl/α,β-unsaturated/α-hetero) is 1. The fourth-order valence-corrected chi connectivity index (χ4v) is 2.78. The zero-order valence-electron chi connectivity index (χ0n) is 14.9. The van der Waals surface area contributed by atoms with Crippen LogP contribution in [0.25, 0.3) is 11.1 Å². The van der Waals surface area contributed by atoms with E-state index < -0.39 is 18.0 Å². The van der Waals surface area contributed by atoms with Crippen molar-refractivity contribution in [3.05, 3.63) is 60.2 Å². The van der Waals surface area contributed by atoms with Gasteiger partial charge in [0.1, 0.15) is 0 Å². The molecule has 0 aromatic heterocycles. The molecule has 0 aliphatic rings. The summed E-state index contributed by atoms with van der Waals surface area (Å²) in [5, 5.41) is 20.6. The molecule has 0 amide bonds. The predicted molar refractivity (Wildman–Crippen MR) is 101 cm³/mol. The number of ketones is 1. The normalized spacial score (nSPS) is 11.7. The maximum Gasteiger partial charge on any atom is 0.303 e. The van der Waals surface area contributed by atoms with Crippen molar-refractivity contribution in [3.8, 4) is 11.1 Å². The molecule has 27 heavy (non-hydrogen) atoms. The zero-order chi connectivity index (χ0) is 19.6. The summed E-state index contributed by atoms with van der Waals surface area (Å²) in [4.78, 5) is 33.9. The lowest BCUT2D eigenvalue weighted by Gasteiger charge is -2.18. The molecule has 1 unspecified atom stereocenters. The number of hydrogen-bond acceptors (Lipinski definition) is 4. The third kappa shape index (κ3) is 6.67. The van der Waals surface area contributed by atoms with Gasteiger partial charge in [-0.3, -0.25) is 14.4 Å². The van der Waals surface area contributed by atoms with Crippen LogP contribution in [0.1, 0.15) is 37.3 Å². The standard InChI is InChI=1S/C21H23NO5/c23-18(12-13-20(26)27)21(22-14-4-7-19(24)25)17-10-8-16(9-11-17)15-5-2-1-3-6-15/h1-3,5-6,8-11,21-22H,4,7,12-14H2,(H,24,25)(H,26,27). The van der Waals surface area contributed by atoms with Crippen molar-refractivity contribution in [3.63, 3.8) is 0 Å². The van der Waals surface area contributed by atoms with Crippen LogP contribution in [0, 0.1) is 0 Å². The van der Waals surface area contributed by atoms with Gasteiger partial charge in [0, 0.05) is 12.8 Å². The van der Waals surface area contributed by atoms with Gasteiger partial charge in [-0.1, -0.05) is 54.6 Å². The zero-order valence-corrected chi connectivity index (χ0v) is 14.9. The van der Waals surface area contributed by atoms with Gasteiger partial charge < -0.3 is 15.5 Å². The number of carboxylic acids is 2. The number of carbonyl (C=O) groups excluding carboxylic acids is 1. The average molecular weight is 369 g/mol. The summed E-state index contributed by atoms with van der Waals surface area (Å²) >= 11 is 0. The number of aliphatic carboxylic acids is 2. The molecule has 6 nitrogen and oxygen atoms in total. The second-order valence-electron chi connectivity index (χ2n) is 6.23. The van der Waals surface area contributed by atoms with E-state index in [0.29, 0.717) is 13.0 Å². The maximum absolute atomic E-state index is 12.5. The molecule has 2 rings (SSSR count). The predicted octanol–water partition coefficient (Wildman–Crippen LogP) is 3.28. The molecule has 3 N–H and O–H groups in total. The number of benzene rings is 2. The van der Waals surface area contributed by atoms with E-state index >= 15 is 0 Å². The smallest absolute Gasteiger partial charge is 0.303 e. The number of carboxylic acid groups (broad SMARTS) is 2. The molecule has 0 heterocycles. The molecule has 0 aliphatic heterocycles. The quantitative estimate of drug-likeness (QED) is 0.525. The fourth-order valence-electron chi connectivity index (χ4n) is 2.78. The molecule has 0 aliphatic carbocycles. The minimum absolute atomic E-state index is 0.00990. The molecule has 0 saturated carbocycles. The van der Waals surface area contributed by atoms with Crippen molar-refractivity contribution in [1.82, 2.24) is 5.32 Å². The molecule has 2 aromatic carbocycles. The highest BCUT2D eigenvalue weighted by molar-refractivity contribution is 5.88. The molecule has 0 saturated heterocycles. The van der Waals surface area contributed by atoms with Gasteiger partial charge >= 0.3 is 11.9 Å². The molecule has 0 bridgehead atoms. The lowest BCUT2D eigenvalue weighted by atomic mass is 9.96. The van der Waals surface area contributed by atoms with Crippen LogP contribution >= 0.6 is 0 Å². The largest absolute Gasteiger partial charge is 0.481 e. The van der Waals surface area contributed by atoms with E-state index in [0.717, 1.165) is 16.7 Å². The molecule has 6 heteroatoms. The Hall–Kier alpha value is -2.99. The van der Waals surface area contributed by atoms with Crippen LogP contribution < -0.4 is 5.32 Å². The lowest BCUT2D eigenvalue weighted by molar-refractivity contribution is -0.139. The van der Waals surface area contributed by atoms with E-state index in [1.807, 2.05) is 54.6 Å². The summed E-state index contributed by atoms with van der Waals surface area (Å²) in [7, 11) is 0. The summed E-state index contributed by atoms with van der Waals surface area (Å²) in [6, 6.07) is 16.7. The monoisotopic (exact) mass is 369 g/mol. The first-order chi connectivity index (χ1) is 13.0. The van der Waals surface area contributed by atoms with Crippen LogP contribution in [-0.2, 0) is 14.4 Å². The third-order valence-corrected chi connectivity index (χ3v) is 4.17. The topological polar surface area (TPSA) is 104 Å². The van der Waals surface area contributed by atoms with Gasteiger partial charge in [-0.25, -0.2) is 0 Å². The van der Waals surface area contributed by atoms with Crippen molar-refractivity contribution in [1.29, 1.82) is 0 Å². The SMILES string of the molecule is O=C(O)CCCNC(C(=O)CCC(=O)O)c1ccc(-c2ccccc2)cc1. The van der Waals surface area contributed by atoms with Gasteiger partial charge in [0.25, 0.3) is 0 Å². The van der Waals surface area contributed by atoms with Crippen LogP contribution in [0.2, 0.25) is 0 Å². The van der Waals surface area contributed by atoms with Crippen LogP contribution in [0.15, 0.2) is 54.6 Å². The average Bonchev–Trinajstić information content (AvgIpc) is 2.67. The van der Waals surface area contributed by atoms with Gasteiger partial charge in [-0.2, -0.15) is 0 Å². The fraction of sp³-hybridized carbons (Fsp3) is 0.286. The maximum atomic E-state index is 12.5. The molecule has 1 atom stereocenters. The van der Waals surface area contributed by atoms with Crippen LogP contribution in [0.5, 0.6) is 0 Å². The highest BCUT2D eigenvalue weighted by Gasteiger charge is 2.20. The van der Waals surface area contributed by atoms with E-state index in [1.165, 1.54) is 0 Å². The van der Waals surface area contributed by atoms with Gasteiger partial charge in [-0.05, 0) is 29.7 Å². The second kappa shape index (κ2) is 10.2. The minimum atomic E-state index is -1.02. The van der Waals surface area contributed by atoms with Gasteiger partial charge in [0.15, 0.2) is 5.78 Å². The van der Waals surface area contributed by atoms with Crippen molar-refractivity contribution in [2.24, 2.45) is 0 Å². The minimum Gasteiger partial charge on any atom is -0.481 e. The Morgan fingerprint density at radius 1 is 0.778 bits per heavy atom. The highest BCUT2D eigenvalue weighted by Crippen LogP contribution is 2.23. The van der Waals surface area contributed by atoms with E-state index in [9.17, 15) is 14.4 Å². The van der Waals surface area contributed by atoms with Crippen LogP contribution in [0.3, 0.4) is 0 Å². The number of nitrogens with one attached hydrogen (secondary N) is 1. The Morgan fingerprint density at radius 3 is 1.96 bits per heavy atom. The Morgan fingerprint density at radius 2 is 1.37 bits per heavy atom. The number of rotatable bonds is 11. The molecule has 0 spiro atoms. The Kier molecular flexibility index (Phi) is 7.70. The van der Waals surface area contributed by atoms with Gasteiger partial charge in [0.2, 0.25) is 0 Å². The van der Waals surface area contributed by atoms with Crippen LogP contribution in [-0.4, -0.2) is 34.5 Å². The van der Waals surface area contributed by atoms with Crippen molar-refractivity contribution >= 4 is 17.7 Å². The van der Waals surface area contributed by atoms with Crippen molar-refractivity contribution in [2.75, 3.05) is 6.54 Å². The summed E-state index contributed by atoms with van der Waals surface area (Å²) in [6.07, 6.45) is 0.0940. The first-order valence-electron chi connectivity index (χ1n) is 8.82. The molecule has 2 aromatic rings. The van der Waals surface area contributed by atoms with E-state index in [1.54, 1.807) is 0 Å². The van der Waals surface area contributed by atoms with E-state index in [2.05, 4.69) is 5.32 Å². The summed E-state index contributed by atoms with van der Waals surface area (Å²) < 4.78 is 0. The summed E-state index contributed by atoms with van der Waals surface area (Å²) in [5.41, 5.74) is 2.81. The Labute approximate surface area is 157 Å². The molecular formula is C21H23NO5. The number of hydrogen-bond donors (Lipinski definition) is 3. The van der Waals surface area contributed by atoms with E-state index in [-0.39, 0.29) is 25.0 Å². The first-order valence-corrected chi connectivity index (χ1v) is 8.82. The second-order valence-corrected chi connectivity index (χ2v) is 6.23. The van der Waals surface area contributed by atoms with Crippen LogP contribution in [0.4, 0.5) is 0 Å². The first kappa shape index (κ1) is 20.3. The third-order valence-electron chi connectivity index (χ3n) is 4.17. The highest BCUT2D eigenvalue weighted by atomic mass is 16.4. The van der Waals surface area contributed by atoms with Crippen molar-refractivity contribution in [2.45, 2.75) is 31.7 Å². The molecule has 142 valence electrons. The molecular weight excluding hydrogens is 346 g/mol. The summed E-state index contributed by atoms with van der Waals surface area (Å²) in [6.45, 7) is 0.357. The summed E-state index contributed by atoms with van der Waals surface area (Å²) in [5.74, 6) is -2.13. The lowest BCUT2D eigenvalue weighted by Crippen LogP contribution is -2.30. The Bertz CT molecular complexity index is 771. The van der Waals surface area contributed by atoms with Crippen molar-refractivity contribution < 1.29 is 24.6 Å². The number of carbonyl (C=O) groups is 3. The van der Waals surface area contributed by atoms with Gasteiger partial charge in [0.05, 0.1) is 12.5 Å². The van der Waals surface area contributed by atoms with E-state index in [4.69, 9.17) is 10.2 Å². The Balaban J connectivity index is 2.11. The molecule has 0 fully saturated rings.